The molecule has 2 unspecified atom stereocenters. The third-order valence-electron chi connectivity index (χ3n) is 2.46. The normalized spacial score (nSPS) is 14.3. The highest BCUT2D eigenvalue weighted by molar-refractivity contribution is 5.68. The van der Waals surface area contributed by atoms with Gasteiger partial charge in [0, 0.05) is 0 Å². The van der Waals surface area contributed by atoms with Crippen molar-refractivity contribution >= 4 is 11.2 Å². The molecule has 0 aliphatic heterocycles. The van der Waals surface area contributed by atoms with Gasteiger partial charge >= 0.3 is 0 Å². The molecule has 9 heteroatoms. The molecule has 2 atom stereocenters. The number of hydrogen-bond donors (Lipinski definition) is 4. The number of fused-ring (bicyclic) bond motifs is 1. The van der Waals surface area contributed by atoms with Crippen LogP contribution in [-0.4, -0.2) is 55.1 Å². The summed E-state index contributed by atoms with van der Waals surface area (Å²) in [6.45, 7) is -0.641. The summed E-state index contributed by atoms with van der Waals surface area (Å²) in [5, 5.41) is 27.7. The summed E-state index contributed by atoms with van der Waals surface area (Å²) in [5.74, 6) is 0. The molecule has 0 saturated heterocycles. The average molecular weight is 268 g/mol. The fourth-order valence-electron chi connectivity index (χ4n) is 1.45. The number of rotatable bonds is 4. The molecule has 0 spiro atoms. The quantitative estimate of drug-likeness (QED) is 0.504. The Bertz CT molecular complexity index is 643. The third kappa shape index (κ3) is 2.52. The van der Waals surface area contributed by atoms with Crippen molar-refractivity contribution in [3.63, 3.8) is 0 Å². The third-order valence-corrected chi connectivity index (χ3v) is 2.46. The van der Waals surface area contributed by atoms with Crippen molar-refractivity contribution in [2.45, 2.75) is 12.2 Å². The summed E-state index contributed by atoms with van der Waals surface area (Å²) in [4.78, 5) is 25.6. The van der Waals surface area contributed by atoms with Crippen LogP contribution in [0.5, 0.6) is 6.01 Å². The molecule has 4 N–H and O–H groups in total. The highest BCUT2D eigenvalue weighted by Crippen LogP contribution is 2.15. The number of nitrogens with one attached hydrogen (secondary N) is 1. The number of H-pyrrole nitrogens is 1. The standard InChI is InChI=1S/C10H12N4O5/c1-19-10-13-8-6(9(18)14-10)12-4(2-11-8)7(17)5(16)3-15/h2,5,7,15-17H,3H2,1H3,(H,11,13,14,18). The van der Waals surface area contributed by atoms with Crippen LogP contribution in [0.25, 0.3) is 11.2 Å². The van der Waals surface area contributed by atoms with Crippen molar-refractivity contribution in [1.29, 1.82) is 0 Å². The van der Waals surface area contributed by atoms with Gasteiger partial charge in [0.05, 0.1) is 25.6 Å². The molecule has 2 aromatic rings. The van der Waals surface area contributed by atoms with E-state index in [0.717, 1.165) is 6.20 Å². The minimum absolute atomic E-state index is 0.00417. The first-order valence-electron chi connectivity index (χ1n) is 5.34. The molecule has 2 rings (SSSR count). The zero-order chi connectivity index (χ0) is 14.0. The first kappa shape index (κ1) is 13.3. The lowest BCUT2D eigenvalue weighted by atomic mass is 10.1. The van der Waals surface area contributed by atoms with E-state index < -0.39 is 24.4 Å². The van der Waals surface area contributed by atoms with E-state index in [1.807, 2.05) is 0 Å². The molecule has 0 aliphatic carbocycles. The van der Waals surface area contributed by atoms with Gasteiger partial charge in [-0.3, -0.25) is 9.78 Å². The lowest BCUT2D eigenvalue weighted by Gasteiger charge is -2.14. The summed E-state index contributed by atoms with van der Waals surface area (Å²) >= 11 is 0. The van der Waals surface area contributed by atoms with E-state index in [4.69, 9.17) is 9.84 Å². The Hall–Kier alpha value is -2.10. The van der Waals surface area contributed by atoms with Gasteiger partial charge in [0.25, 0.3) is 11.6 Å². The van der Waals surface area contributed by atoms with E-state index in [0.29, 0.717) is 0 Å². The number of hydrogen-bond acceptors (Lipinski definition) is 8. The first-order chi connectivity index (χ1) is 9.06. The Kier molecular flexibility index (Phi) is 3.69. The molecule has 0 fully saturated rings. The van der Waals surface area contributed by atoms with Crippen LogP contribution in [0.1, 0.15) is 11.8 Å². The molecule has 0 aliphatic rings. The van der Waals surface area contributed by atoms with Crippen LogP contribution in [0, 0.1) is 0 Å². The summed E-state index contributed by atoms with van der Waals surface area (Å²) in [5.41, 5.74) is -0.661. The molecule has 0 radical (unpaired) electrons. The highest BCUT2D eigenvalue weighted by Gasteiger charge is 2.20. The summed E-state index contributed by atoms with van der Waals surface area (Å²) in [6.07, 6.45) is -1.68. The molecular weight excluding hydrogens is 256 g/mol. The Morgan fingerprint density at radius 2 is 2.16 bits per heavy atom. The number of aliphatic hydroxyl groups is 3. The number of methoxy groups -OCH3 is 1. The fourth-order valence-corrected chi connectivity index (χ4v) is 1.45. The zero-order valence-electron chi connectivity index (χ0n) is 9.94. The van der Waals surface area contributed by atoms with Crippen molar-refractivity contribution < 1.29 is 20.1 Å². The number of aliphatic hydroxyl groups excluding tert-OH is 3. The van der Waals surface area contributed by atoms with Crippen LogP contribution in [0.4, 0.5) is 0 Å². The molecule has 0 amide bonds. The van der Waals surface area contributed by atoms with Gasteiger partial charge in [0.15, 0.2) is 11.2 Å². The Morgan fingerprint density at radius 1 is 1.42 bits per heavy atom. The van der Waals surface area contributed by atoms with Crippen LogP contribution in [-0.2, 0) is 0 Å². The van der Waals surface area contributed by atoms with E-state index >= 15 is 0 Å². The van der Waals surface area contributed by atoms with E-state index in [-0.39, 0.29) is 22.9 Å². The van der Waals surface area contributed by atoms with Gasteiger partial charge in [-0.25, -0.2) is 9.97 Å². The lowest BCUT2D eigenvalue weighted by molar-refractivity contribution is -0.0173. The van der Waals surface area contributed by atoms with E-state index in [1.54, 1.807) is 0 Å². The van der Waals surface area contributed by atoms with Crippen molar-refractivity contribution in [3.05, 3.63) is 22.2 Å². The predicted octanol–water partition coefficient (Wildman–Crippen LogP) is -1.89. The number of nitrogens with zero attached hydrogens (tertiary/aromatic N) is 3. The van der Waals surface area contributed by atoms with E-state index in [9.17, 15) is 15.0 Å². The SMILES string of the molecule is COc1nc2ncc(C(O)C(O)CO)nc2c(=O)[nH]1. The van der Waals surface area contributed by atoms with Gasteiger partial charge in [-0.2, -0.15) is 4.98 Å². The van der Waals surface area contributed by atoms with Gasteiger partial charge in [0.2, 0.25) is 0 Å². The van der Waals surface area contributed by atoms with Crippen LogP contribution in [0.15, 0.2) is 11.0 Å². The summed E-state index contributed by atoms with van der Waals surface area (Å²) < 4.78 is 4.78. The number of aromatic nitrogens is 4. The molecule has 0 saturated carbocycles. The molecule has 2 heterocycles. The number of aromatic amines is 1. The van der Waals surface area contributed by atoms with Crippen molar-refractivity contribution in [2.75, 3.05) is 13.7 Å². The largest absolute Gasteiger partial charge is 0.468 e. The van der Waals surface area contributed by atoms with Gasteiger partial charge in [-0.15, -0.1) is 0 Å². The second-order valence-corrected chi connectivity index (χ2v) is 3.74. The van der Waals surface area contributed by atoms with Crippen molar-refractivity contribution in [3.8, 4) is 6.01 Å². The minimum Gasteiger partial charge on any atom is -0.468 e. The maximum Gasteiger partial charge on any atom is 0.298 e. The molecule has 0 bridgehead atoms. The van der Waals surface area contributed by atoms with E-state index in [1.165, 1.54) is 7.11 Å². The minimum atomic E-state index is -1.44. The van der Waals surface area contributed by atoms with Crippen LogP contribution < -0.4 is 10.3 Å². The maximum absolute atomic E-state index is 11.7. The second kappa shape index (κ2) is 5.26. The average Bonchev–Trinajstić information content (AvgIpc) is 2.45. The lowest BCUT2D eigenvalue weighted by Crippen LogP contribution is -2.24. The Morgan fingerprint density at radius 3 is 2.79 bits per heavy atom. The van der Waals surface area contributed by atoms with Crippen molar-refractivity contribution in [2.24, 2.45) is 0 Å². The Labute approximate surface area is 106 Å². The number of ether oxygens (including phenoxy) is 1. The first-order valence-corrected chi connectivity index (χ1v) is 5.34. The molecule has 19 heavy (non-hydrogen) atoms. The monoisotopic (exact) mass is 268 g/mol. The van der Waals surface area contributed by atoms with Crippen LogP contribution in [0.3, 0.4) is 0 Å². The van der Waals surface area contributed by atoms with Crippen LogP contribution in [0.2, 0.25) is 0 Å². The molecular formula is C10H12N4O5. The molecule has 9 nitrogen and oxygen atoms in total. The smallest absolute Gasteiger partial charge is 0.298 e. The second-order valence-electron chi connectivity index (χ2n) is 3.74. The highest BCUT2D eigenvalue weighted by atomic mass is 16.5. The van der Waals surface area contributed by atoms with Crippen molar-refractivity contribution in [1.82, 2.24) is 19.9 Å². The zero-order valence-corrected chi connectivity index (χ0v) is 9.94. The summed E-state index contributed by atoms with van der Waals surface area (Å²) in [7, 11) is 1.34. The summed E-state index contributed by atoms with van der Waals surface area (Å²) in [6, 6.07) is -0.00417. The van der Waals surface area contributed by atoms with E-state index in [2.05, 4.69) is 19.9 Å². The topological polar surface area (TPSA) is 141 Å². The van der Waals surface area contributed by atoms with Crippen LogP contribution >= 0.6 is 0 Å². The molecule has 102 valence electrons. The van der Waals surface area contributed by atoms with Gasteiger partial charge < -0.3 is 20.1 Å². The Balaban J connectivity index is 2.52. The van der Waals surface area contributed by atoms with Gasteiger partial charge in [0.1, 0.15) is 12.2 Å². The van der Waals surface area contributed by atoms with Gasteiger partial charge in [-0.1, -0.05) is 0 Å². The maximum atomic E-state index is 11.7. The predicted molar refractivity (Wildman–Crippen MR) is 62.6 cm³/mol. The van der Waals surface area contributed by atoms with Gasteiger partial charge in [-0.05, 0) is 0 Å². The molecule has 2 aromatic heterocycles. The fraction of sp³-hybridized carbons (Fsp3) is 0.400. The molecule has 0 aromatic carbocycles.